The fourth-order valence-corrected chi connectivity index (χ4v) is 4.80. The van der Waals surface area contributed by atoms with Crippen LogP contribution in [-0.4, -0.2) is 42.1 Å². The number of methoxy groups -OCH3 is 1. The molecule has 37 heavy (non-hydrogen) atoms. The van der Waals surface area contributed by atoms with E-state index >= 15 is 0 Å². The molecule has 1 aliphatic heterocycles. The fraction of sp³-hybridized carbons (Fsp3) is 0.346. The monoisotopic (exact) mass is 513 g/mol. The zero-order valence-corrected chi connectivity index (χ0v) is 20.8. The Hall–Kier alpha value is -3.86. The summed E-state index contributed by atoms with van der Waals surface area (Å²) in [6.07, 6.45) is 4.42. The summed E-state index contributed by atoms with van der Waals surface area (Å²) >= 11 is 0. The summed E-state index contributed by atoms with van der Waals surface area (Å²) < 4.78 is 56.8. The number of nitrogens with zero attached hydrogens (tertiary/aromatic N) is 5. The number of rotatable bonds is 6. The van der Waals surface area contributed by atoms with Gasteiger partial charge in [-0.2, -0.15) is 0 Å². The first-order valence-corrected chi connectivity index (χ1v) is 11.7. The van der Waals surface area contributed by atoms with Crippen molar-refractivity contribution in [3.05, 3.63) is 71.8 Å². The van der Waals surface area contributed by atoms with Crippen LogP contribution >= 0.6 is 0 Å². The molecule has 4 aromatic rings. The summed E-state index contributed by atoms with van der Waals surface area (Å²) in [6, 6.07) is 7.08. The zero-order chi connectivity index (χ0) is 26.5. The molecule has 0 amide bonds. The Balaban J connectivity index is 1.60. The van der Waals surface area contributed by atoms with Gasteiger partial charge in [-0.05, 0) is 51.8 Å². The predicted molar refractivity (Wildman–Crippen MR) is 128 cm³/mol. The molecule has 1 N–H and O–H groups in total. The molecule has 5 rings (SSSR count). The Morgan fingerprint density at radius 3 is 2.43 bits per heavy atom. The molecule has 1 aliphatic rings. The largest absolute Gasteiger partial charge is 0.495 e. The van der Waals surface area contributed by atoms with E-state index in [1.807, 2.05) is 40.5 Å². The SMILES string of the molecule is COc1cc(-c2nnc3n2CCCC3(Oc2cc(F)c(F)c(F)c2)C(C)(C)O)ccc1-n1cnc(C)c1. The highest BCUT2D eigenvalue weighted by Crippen LogP contribution is 2.45. The van der Waals surface area contributed by atoms with Crippen LogP contribution in [-0.2, 0) is 12.1 Å². The maximum atomic E-state index is 14.0. The van der Waals surface area contributed by atoms with Crippen molar-refractivity contribution in [1.82, 2.24) is 24.3 Å². The maximum absolute atomic E-state index is 14.0. The molecule has 8 nitrogen and oxygen atoms in total. The van der Waals surface area contributed by atoms with E-state index < -0.39 is 28.7 Å². The van der Waals surface area contributed by atoms with Gasteiger partial charge < -0.3 is 23.7 Å². The van der Waals surface area contributed by atoms with Gasteiger partial charge in [0.2, 0.25) is 0 Å². The van der Waals surface area contributed by atoms with Gasteiger partial charge in [0.25, 0.3) is 0 Å². The normalized spacial score (nSPS) is 17.5. The number of hydrogen-bond acceptors (Lipinski definition) is 6. The van der Waals surface area contributed by atoms with Crippen molar-refractivity contribution in [2.45, 2.75) is 51.4 Å². The van der Waals surface area contributed by atoms with Crippen molar-refractivity contribution in [3.63, 3.8) is 0 Å². The van der Waals surface area contributed by atoms with Crippen LogP contribution in [0.3, 0.4) is 0 Å². The summed E-state index contributed by atoms with van der Waals surface area (Å²) in [4.78, 5) is 4.26. The standard InChI is InChI=1S/C26H26F3N5O3/c1-15-13-33(14-30-15)20-7-6-16(10-21(20)36-4)23-31-32-24-26(25(2,3)35,8-5-9-34(23)24)37-17-11-18(27)22(29)19(28)12-17/h6-7,10-14,35H,5,8-9H2,1-4H3. The van der Waals surface area contributed by atoms with E-state index in [2.05, 4.69) is 15.2 Å². The molecule has 3 heterocycles. The minimum atomic E-state index is -1.60. The van der Waals surface area contributed by atoms with Gasteiger partial charge in [-0.3, -0.25) is 0 Å². The predicted octanol–water partition coefficient (Wildman–Crippen LogP) is 4.70. The van der Waals surface area contributed by atoms with Gasteiger partial charge in [-0.1, -0.05) is 0 Å². The summed E-state index contributed by atoms with van der Waals surface area (Å²) in [5, 5.41) is 20.0. The second-order valence-corrected chi connectivity index (χ2v) is 9.60. The van der Waals surface area contributed by atoms with Gasteiger partial charge in [0.05, 0.1) is 24.8 Å². The Morgan fingerprint density at radius 1 is 1.08 bits per heavy atom. The molecule has 0 radical (unpaired) electrons. The van der Waals surface area contributed by atoms with Gasteiger partial charge in [0.1, 0.15) is 17.1 Å². The molecule has 0 saturated heterocycles. The number of ether oxygens (including phenoxy) is 2. The van der Waals surface area contributed by atoms with Crippen molar-refractivity contribution < 1.29 is 27.8 Å². The van der Waals surface area contributed by atoms with E-state index in [9.17, 15) is 18.3 Å². The molecule has 0 saturated carbocycles. The summed E-state index contributed by atoms with van der Waals surface area (Å²) in [6.45, 7) is 5.47. The van der Waals surface area contributed by atoms with Gasteiger partial charge >= 0.3 is 0 Å². The number of aryl methyl sites for hydroxylation is 1. The molecular weight excluding hydrogens is 487 g/mol. The molecule has 1 atom stereocenters. The Morgan fingerprint density at radius 2 is 1.81 bits per heavy atom. The highest BCUT2D eigenvalue weighted by Gasteiger charge is 2.53. The van der Waals surface area contributed by atoms with Crippen LogP contribution in [0.1, 0.15) is 38.2 Å². The number of hydrogen-bond donors (Lipinski definition) is 1. The van der Waals surface area contributed by atoms with Gasteiger partial charge in [-0.15, -0.1) is 10.2 Å². The number of aromatic nitrogens is 5. The summed E-state index contributed by atoms with van der Waals surface area (Å²) in [7, 11) is 1.57. The molecule has 2 aromatic carbocycles. The lowest BCUT2D eigenvalue weighted by molar-refractivity contribution is -0.137. The molecule has 0 spiro atoms. The van der Waals surface area contributed by atoms with E-state index in [1.165, 1.54) is 13.8 Å². The molecule has 0 fully saturated rings. The lowest BCUT2D eigenvalue weighted by atomic mass is 9.79. The quantitative estimate of drug-likeness (QED) is 0.376. The summed E-state index contributed by atoms with van der Waals surface area (Å²) in [5.41, 5.74) is -0.689. The second-order valence-electron chi connectivity index (χ2n) is 9.60. The zero-order valence-electron chi connectivity index (χ0n) is 20.8. The van der Waals surface area contributed by atoms with Gasteiger partial charge in [0, 0.05) is 30.4 Å². The third-order valence-corrected chi connectivity index (χ3v) is 6.69. The van der Waals surface area contributed by atoms with Crippen molar-refractivity contribution in [2.24, 2.45) is 0 Å². The molecule has 0 bridgehead atoms. The Kier molecular flexibility index (Phi) is 5.98. The first-order chi connectivity index (χ1) is 17.5. The van der Waals surface area contributed by atoms with Crippen molar-refractivity contribution in [1.29, 1.82) is 0 Å². The minimum absolute atomic E-state index is 0.266. The first-order valence-electron chi connectivity index (χ1n) is 11.7. The van der Waals surface area contributed by atoms with Crippen LogP contribution in [0.4, 0.5) is 13.2 Å². The number of benzene rings is 2. The van der Waals surface area contributed by atoms with E-state index in [-0.39, 0.29) is 12.2 Å². The van der Waals surface area contributed by atoms with E-state index in [1.54, 1.807) is 13.4 Å². The highest BCUT2D eigenvalue weighted by atomic mass is 19.2. The minimum Gasteiger partial charge on any atom is -0.495 e. The van der Waals surface area contributed by atoms with Crippen LogP contribution < -0.4 is 9.47 Å². The van der Waals surface area contributed by atoms with E-state index in [4.69, 9.17) is 9.47 Å². The van der Waals surface area contributed by atoms with Crippen LogP contribution in [0.5, 0.6) is 11.5 Å². The third kappa shape index (κ3) is 4.12. The summed E-state index contributed by atoms with van der Waals surface area (Å²) in [5.74, 6) is -3.25. The molecule has 194 valence electrons. The average Bonchev–Trinajstić information content (AvgIpc) is 3.48. The number of fused-ring (bicyclic) bond motifs is 1. The van der Waals surface area contributed by atoms with E-state index in [0.717, 1.165) is 23.5 Å². The number of imidazole rings is 1. The van der Waals surface area contributed by atoms with E-state index in [0.29, 0.717) is 35.9 Å². The maximum Gasteiger partial charge on any atom is 0.196 e. The molecule has 0 aliphatic carbocycles. The Labute approximate surface area is 211 Å². The third-order valence-electron chi connectivity index (χ3n) is 6.69. The lowest BCUT2D eigenvalue weighted by Gasteiger charge is -2.44. The second kappa shape index (κ2) is 8.91. The van der Waals surface area contributed by atoms with Crippen LogP contribution in [0.15, 0.2) is 42.9 Å². The number of halogens is 3. The topological polar surface area (TPSA) is 87.2 Å². The van der Waals surface area contributed by atoms with Crippen LogP contribution in [0.2, 0.25) is 0 Å². The Bertz CT molecular complexity index is 1450. The average molecular weight is 514 g/mol. The molecule has 2 aromatic heterocycles. The van der Waals surface area contributed by atoms with Gasteiger partial charge in [0.15, 0.2) is 34.7 Å². The molecule has 11 heteroatoms. The fourth-order valence-electron chi connectivity index (χ4n) is 4.80. The lowest BCUT2D eigenvalue weighted by Crippen LogP contribution is -2.55. The number of aliphatic hydroxyl groups is 1. The molecular formula is C26H26F3N5O3. The van der Waals surface area contributed by atoms with Gasteiger partial charge in [-0.25, -0.2) is 18.2 Å². The van der Waals surface area contributed by atoms with Crippen LogP contribution in [0.25, 0.3) is 17.1 Å². The van der Waals surface area contributed by atoms with Crippen molar-refractivity contribution >= 4 is 0 Å². The highest BCUT2D eigenvalue weighted by molar-refractivity contribution is 5.63. The van der Waals surface area contributed by atoms with Crippen molar-refractivity contribution in [2.75, 3.05) is 7.11 Å². The molecule has 1 unspecified atom stereocenters. The van der Waals surface area contributed by atoms with Crippen molar-refractivity contribution in [3.8, 4) is 28.6 Å². The smallest absolute Gasteiger partial charge is 0.196 e. The first kappa shape index (κ1) is 24.8. The van der Waals surface area contributed by atoms with Crippen LogP contribution in [0, 0.1) is 24.4 Å².